The summed E-state index contributed by atoms with van der Waals surface area (Å²) < 4.78 is 0. The van der Waals surface area contributed by atoms with Gasteiger partial charge in [0, 0.05) is 24.1 Å². The van der Waals surface area contributed by atoms with Gasteiger partial charge in [-0.3, -0.25) is 0 Å². The second kappa shape index (κ2) is 5.87. The molecular formula is C17H24BrN. The molecule has 0 radical (unpaired) electrons. The molecule has 0 bridgehead atoms. The fraction of sp³-hybridized carbons (Fsp3) is 0.647. The van der Waals surface area contributed by atoms with Gasteiger partial charge < -0.3 is 4.90 Å². The molecule has 1 saturated carbocycles. The van der Waals surface area contributed by atoms with E-state index >= 15 is 0 Å². The zero-order chi connectivity index (χ0) is 13.2. The van der Waals surface area contributed by atoms with Crippen molar-refractivity contribution in [3.8, 4) is 0 Å². The predicted octanol–water partition coefficient (Wildman–Crippen LogP) is 4.91. The molecule has 1 aliphatic carbocycles. The molecule has 2 atom stereocenters. The first kappa shape index (κ1) is 13.5. The van der Waals surface area contributed by atoms with Gasteiger partial charge in [-0.1, -0.05) is 47.3 Å². The molecule has 0 amide bonds. The Morgan fingerprint density at radius 2 is 1.95 bits per heavy atom. The number of aryl methyl sites for hydroxylation is 1. The van der Waals surface area contributed by atoms with Crippen LogP contribution in [-0.4, -0.2) is 13.1 Å². The summed E-state index contributed by atoms with van der Waals surface area (Å²) >= 11 is 3.54. The molecule has 1 aromatic carbocycles. The Hall–Kier alpha value is -0.500. The number of fused-ring (bicyclic) bond motifs is 1. The Kier molecular flexibility index (Phi) is 4.16. The molecule has 19 heavy (non-hydrogen) atoms. The van der Waals surface area contributed by atoms with Gasteiger partial charge >= 0.3 is 0 Å². The van der Waals surface area contributed by atoms with Crippen LogP contribution in [0.3, 0.4) is 0 Å². The van der Waals surface area contributed by atoms with Crippen LogP contribution in [0.4, 0.5) is 5.69 Å². The molecule has 0 spiro atoms. The maximum atomic E-state index is 3.54. The van der Waals surface area contributed by atoms with Gasteiger partial charge in [-0.15, -0.1) is 0 Å². The van der Waals surface area contributed by atoms with E-state index in [-0.39, 0.29) is 0 Å². The monoisotopic (exact) mass is 321 g/mol. The lowest BCUT2D eigenvalue weighted by Gasteiger charge is -2.42. The van der Waals surface area contributed by atoms with E-state index in [9.17, 15) is 0 Å². The zero-order valence-electron chi connectivity index (χ0n) is 11.9. The summed E-state index contributed by atoms with van der Waals surface area (Å²) in [4.78, 5) is 2.64. The summed E-state index contributed by atoms with van der Waals surface area (Å²) in [6.45, 7) is 4.81. The van der Waals surface area contributed by atoms with E-state index in [1.54, 1.807) is 0 Å². The fourth-order valence-electron chi connectivity index (χ4n) is 3.98. The standard InChI is InChI=1S/C17H24BrN/c1-13-10-14(11-18)6-7-17(13)19-9-8-15-4-2-3-5-16(15)12-19/h6-7,10,15-16H,2-5,8-9,11-12H2,1H3. The first-order valence-corrected chi connectivity index (χ1v) is 8.80. The molecule has 2 aliphatic rings. The minimum Gasteiger partial charge on any atom is -0.371 e. The van der Waals surface area contributed by atoms with Crippen molar-refractivity contribution in [1.29, 1.82) is 0 Å². The highest BCUT2D eigenvalue weighted by molar-refractivity contribution is 9.08. The van der Waals surface area contributed by atoms with Crippen molar-refractivity contribution in [2.75, 3.05) is 18.0 Å². The van der Waals surface area contributed by atoms with Crippen molar-refractivity contribution in [1.82, 2.24) is 0 Å². The van der Waals surface area contributed by atoms with Crippen LogP contribution in [0, 0.1) is 18.8 Å². The van der Waals surface area contributed by atoms with Gasteiger partial charge in [0.1, 0.15) is 0 Å². The first-order chi connectivity index (χ1) is 9.28. The van der Waals surface area contributed by atoms with Crippen LogP contribution in [0.1, 0.15) is 43.2 Å². The summed E-state index contributed by atoms with van der Waals surface area (Å²) in [5, 5.41) is 0.957. The summed E-state index contributed by atoms with van der Waals surface area (Å²) in [6, 6.07) is 6.93. The maximum absolute atomic E-state index is 3.54. The maximum Gasteiger partial charge on any atom is 0.0396 e. The molecule has 2 fully saturated rings. The summed E-state index contributed by atoms with van der Waals surface area (Å²) in [6.07, 6.45) is 7.28. The van der Waals surface area contributed by atoms with Gasteiger partial charge in [-0.05, 0) is 48.8 Å². The SMILES string of the molecule is Cc1cc(CBr)ccc1N1CCC2CCCCC2C1. The van der Waals surface area contributed by atoms with Gasteiger partial charge in [-0.2, -0.15) is 0 Å². The van der Waals surface area contributed by atoms with Crippen LogP contribution in [0.5, 0.6) is 0 Å². The van der Waals surface area contributed by atoms with E-state index in [1.165, 1.54) is 62.0 Å². The number of hydrogen-bond acceptors (Lipinski definition) is 1. The molecule has 1 aliphatic heterocycles. The predicted molar refractivity (Wildman–Crippen MR) is 86.1 cm³/mol. The molecule has 1 nitrogen and oxygen atoms in total. The number of nitrogens with zero attached hydrogens (tertiary/aromatic N) is 1. The average molecular weight is 322 g/mol. The lowest BCUT2D eigenvalue weighted by atomic mass is 9.75. The lowest BCUT2D eigenvalue weighted by molar-refractivity contribution is 0.202. The van der Waals surface area contributed by atoms with E-state index in [1.807, 2.05) is 0 Å². The minimum atomic E-state index is 0.956. The Labute approximate surface area is 125 Å². The molecular weight excluding hydrogens is 298 g/mol. The topological polar surface area (TPSA) is 3.24 Å². The van der Waals surface area contributed by atoms with Gasteiger partial charge in [0.05, 0.1) is 0 Å². The lowest BCUT2D eigenvalue weighted by Crippen LogP contribution is -2.42. The van der Waals surface area contributed by atoms with Gasteiger partial charge in [-0.25, -0.2) is 0 Å². The molecule has 0 N–H and O–H groups in total. The average Bonchev–Trinajstić information content (AvgIpc) is 2.46. The second-order valence-electron chi connectivity index (χ2n) is 6.29. The highest BCUT2D eigenvalue weighted by Crippen LogP contribution is 2.38. The van der Waals surface area contributed by atoms with Gasteiger partial charge in [0.15, 0.2) is 0 Å². The number of benzene rings is 1. The number of piperidine rings is 1. The van der Waals surface area contributed by atoms with Crippen LogP contribution < -0.4 is 4.90 Å². The third-order valence-corrected chi connectivity index (χ3v) is 5.69. The fourth-order valence-corrected chi connectivity index (χ4v) is 4.32. The van der Waals surface area contributed by atoms with Gasteiger partial charge in [0.25, 0.3) is 0 Å². The van der Waals surface area contributed by atoms with Crippen molar-refractivity contribution < 1.29 is 0 Å². The minimum absolute atomic E-state index is 0.956. The van der Waals surface area contributed by atoms with Crippen LogP contribution >= 0.6 is 15.9 Å². The van der Waals surface area contributed by atoms with E-state index in [4.69, 9.17) is 0 Å². The van der Waals surface area contributed by atoms with Crippen molar-refractivity contribution in [3.05, 3.63) is 29.3 Å². The molecule has 2 unspecified atom stereocenters. The first-order valence-electron chi connectivity index (χ1n) is 7.68. The normalized spacial score (nSPS) is 27.2. The summed E-state index contributed by atoms with van der Waals surface area (Å²) in [7, 11) is 0. The highest BCUT2D eigenvalue weighted by atomic mass is 79.9. The summed E-state index contributed by atoms with van der Waals surface area (Å²) in [5.74, 6) is 1.98. The van der Waals surface area contributed by atoms with E-state index < -0.39 is 0 Å². The van der Waals surface area contributed by atoms with Crippen molar-refractivity contribution in [2.45, 2.75) is 44.4 Å². The quantitative estimate of drug-likeness (QED) is 0.700. The van der Waals surface area contributed by atoms with Crippen LogP contribution in [0.25, 0.3) is 0 Å². The Balaban J connectivity index is 1.75. The number of halogens is 1. The molecule has 1 saturated heterocycles. The molecule has 2 heteroatoms. The number of alkyl halides is 1. The van der Waals surface area contributed by atoms with Crippen LogP contribution in [0.15, 0.2) is 18.2 Å². The highest BCUT2D eigenvalue weighted by Gasteiger charge is 2.31. The third-order valence-electron chi connectivity index (χ3n) is 5.05. The Bertz CT molecular complexity index is 443. The van der Waals surface area contributed by atoms with Crippen LogP contribution in [0.2, 0.25) is 0 Å². The van der Waals surface area contributed by atoms with Crippen molar-refractivity contribution >= 4 is 21.6 Å². The largest absolute Gasteiger partial charge is 0.371 e. The van der Waals surface area contributed by atoms with Crippen LogP contribution in [-0.2, 0) is 5.33 Å². The van der Waals surface area contributed by atoms with E-state index in [0.29, 0.717) is 0 Å². The molecule has 1 heterocycles. The summed E-state index contributed by atoms with van der Waals surface area (Å²) in [5.41, 5.74) is 4.29. The zero-order valence-corrected chi connectivity index (χ0v) is 13.5. The molecule has 104 valence electrons. The third kappa shape index (κ3) is 2.84. The number of anilines is 1. The number of rotatable bonds is 2. The molecule has 1 aromatic rings. The Morgan fingerprint density at radius 1 is 1.16 bits per heavy atom. The number of hydrogen-bond donors (Lipinski definition) is 0. The molecule has 3 rings (SSSR count). The van der Waals surface area contributed by atoms with Gasteiger partial charge in [0.2, 0.25) is 0 Å². The van der Waals surface area contributed by atoms with Crippen molar-refractivity contribution in [2.24, 2.45) is 11.8 Å². The second-order valence-corrected chi connectivity index (χ2v) is 6.85. The Morgan fingerprint density at radius 3 is 2.68 bits per heavy atom. The smallest absolute Gasteiger partial charge is 0.0396 e. The van der Waals surface area contributed by atoms with E-state index in [0.717, 1.165) is 17.2 Å². The molecule has 0 aromatic heterocycles. The van der Waals surface area contributed by atoms with Crippen molar-refractivity contribution in [3.63, 3.8) is 0 Å². The van der Waals surface area contributed by atoms with E-state index in [2.05, 4.69) is 46.0 Å².